The van der Waals surface area contributed by atoms with Gasteiger partial charge in [-0.15, -0.1) is 0 Å². The van der Waals surface area contributed by atoms with Gasteiger partial charge in [0.05, 0.1) is 18.8 Å². The molecule has 0 amide bonds. The lowest BCUT2D eigenvalue weighted by Crippen LogP contribution is -2.36. The van der Waals surface area contributed by atoms with E-state index in [-0.39, 0.29) is 6.10 Å². The molecule has 5 heteroatoms. The monoisotopic (exact) mass is 354 g/mol. The molecular formula is C20H22N2O2S. The van der Waals surface area contributed by atoms with Crippen molar-refractivity contribution in [3.05, 3.63) is 54.1 Å². The number of benzene rings is 2. The largest absolute Gasteiger partial charge is 0.497 e. The molecule has 1 heterocycles. The van der Waals surface area contributed by atoms with Crippen molar-refractivity contribution in [2.75, 3.05) is 12.9 Å². The van der Waals surface area contributed by atoms with Crippen LogP contribution in [-0.2, 0) is 5.54 Å². The number of ether oxygens (including phenoxy) is 1. The molecule has 1 saturated carbocycles. The van der Waals surface area contributed by atoms with Gasteiger partial charge < -0.3 is 15.6 Å². The summed E-state index contributed by atoms with van der Waals surface area (Å²) in [4.78, 5) is 4.84. The van der Waals surface area contributed by atoms with Crippen molar-refractivity contribution >= 4 is 16.9 Å². The first-order valence-corrected chi connectivity index (χ1v) is 9.50. The quantitative estimate of drug-likeness (QED) is 0.887. The molecule has 0 radical (unpaired) electrons. The van der Waals surface area contributed by atoms with Crippen molar-refractivity contribution in [1.29, 1.82) is 0 Å². The molecular weight excluding hydrogens is 332 g/mol. The third-order valence-corrected chi connectivity index (χ3v) is 6.24. The predicted octanol–water partition coefficient (Wildman–Crippen LogP) is 3.39. The Balaban J connectivity index is 1.79. The van der Waals surface area contributed by atoms with Crippen LogP contribution in [0, 0.1) is 5.92 Å². The van der Waals surface area contributed by atoms with E-state index in [1.54, 1.807) is 18.9 Å². The summed E-state index contributed by atoms with van der Waals surface area (Å²) in [5.74, 6) is 2.07. The van der Waals surface area contributed by atoms with E-state index >= 15 is 0 Å². The van der Waals surface area contributed by atoms with E-state index in [9.17, 15) is 5.11 Å². The average Bonchev–Trinajstić information content (AvgIpc) is 2.98. The molecule has 3 atom stereocenters. The molecule has 2 aliphatic rings. The molecule has 3 N–H and O–H groups in total. The Morgan fingerprint density at radius 3 is 2.76 bits per heavy atom. The van der Waals surface area contributed by atoms with Crippen LogP contribution in [0.3, 0.4) is 0 Å². The van der Waals surface area contributed by atoms with E-state index in [1.165, 1.54) is 0 Å². The maximum atomic E-state index is 10.3. The van der Waals surface area contributed by atoms with E-state index in [0.29, 0.717) is 17.5 Å². The summed E-state index contributed by atoms with van der Waals surface area (Å²) in [6.45, 7) is 0. The lowest BCUT2D eigenvalue weighted by atomic mass is 9.80. The molecule has 0 bridgehead atoms. The Kier molecular flexibility index (Phi) is 4.21. The summed E-state index contributed by atoms with van der Waals surface area (Å²) in [6, 6.07) is 16.5. The highest BCUT2D eigenvalue weighted by atomic mass is 32.2. The molecule has 2 aromatic rings. The Bertz CT molecular complexity index is 823. The molecule has 1 aliphatic carbocycles. The zero-order chi connectivity index (χ0) is 17.4. The van der Waals surface area contributed by atoms with Gasteiger partial charge >= 0.3 is 0 Å². The lowest BCUT2D eigenvalue weighted by molar-refractivity contribution is 0.173. The number of methoxy groups -OCH3 is 1. The van der Waals surface area contributed by atoms with E-state index in [2.05, 4.69) is 30.3 Å². The summed E-state index contributed by atoms with van der Waals surface area (Å²) in [5.41, 5.74) is 9.03. The van der Waals surface area contributed by atoms with E-state index in [0.717, 1.165) is 34.6 Å². The number of nitrogens with two attached hydrogens (primary N) is 1. The van der Waals surface area contributed by atoms with Gasteiger partial charge in [0, 0.05) is 18.1 Å². The van der Waals surface area contributed by atoms with Gasteiger partial charge in [0.2, 0.25) is 0 Å². The fraction of sp³-hybridized carbons (Fsp3) is 0.350. The molecule has 0 spiro atoms. The molecule has 0 aromatic heterocycles. The second kappa shape index (κ2) is 6.39. The van der Waals surface area contributed by atoms with Gasteiger partial charge in [-0.05, 0) is 41.3 Å². The third-order valence-electron chi connectivity index (χ3n) is 5.29. The van der Waals surface area contributed by atoms with Crippen molar-refractivity contribution in [1.82, 2.24) is 0 Å². The number of fused-ring (bicyclic) bond motifs is 1. The first-order valence-electron chi connectivity index (χ1n) is 8.52. The van der Waals surface area contributed by atoms with Crippen LogP contribution in [0.2, 0.25) is 0 Å². The number of thioether (sulfide) groups is 1. The van der Waals surface area contributed by atoms with Crippen molar-refractivity contribution in [3.8, 4) is 16.9 Å². The number of aliphatic imine (C=N–C) groups is 1. The van der Waals surface area contributed by atoms with Gasteiger partial charge in [-0.2, -0.15) is 0 Å². The minimum atomic E-state index is -0.399. The normalized spacial score (nSPS) is 28.3. The maximum absolute atomic E-state index is 10.3. The highest BCUT2D eigenvalue weighted by Crippen LogP contribution is 2.51. The van der Waals surface area contributed by atoms with Crippen LogP contribution in [-0.4, -0.2) is 29.2 Å². The first-order chi connectivity index (χ1) is 12.1. The predicted molar refractivity (Wildman–Crippen MR) is 103 cm³/mol. The Labute approximate surface area is 152 Å². The van der Waals surface area contributed by atoms with Gasteiger partial charge in [-0.25, -0.2) is 0 Å². The van der Waals surface area contributed by atoms with E-state index < -0.39 is 5.54 Å². The molecule has 1 fully saturated rings. The summed E-state index contributed by atoms with van der Waals surface area (Å²) >= 11 is 1.60. The fourth-order valence-electron chi connectivity index (χ4n) is 4.08. The first kappa shape index (κ1) is 16.5. The van der Waals surface area contributed by atoms with Gasteiger partial charge in [0.15, 0.2) is 5.17 Å². The van der Waals surface area contributed by atoms with Crippen LogP contribution in [0.4, 0.5) is 0 Å². The lowest BCUT2D eigenvalue weighted by Gasteiger charge is -2.35. The maximum Gasteiger partial charge on any atom is 0.154 e. The summed E-state index contributed by atoms with van der Waals surface area (Å²) < 4.78 is 5.34. The number of rotatable bonds is 3. The second-order valence-electron chi connectivity index (χ2n) is 6.79. The molecule has 130 valence electrons. The molecule has 1 aliphatic heterocycles. The highest BCUT2D eigenvalue weighted by molar-refractivity contribution is 8.13. The third kappa shape index (κ3) is 2.92. The standard InChI is InChI=1S/C20H22N2O2S/c1-24-18-7-3-5-14(9-18)13-4-2-6-15(8-13)20-11-17(23)10-16(20)12-25-19(21)22-20/h2-9,16-17,23H,10-12H2,1H3,(H2,21,22)/t16?,17-,20-/m1/s1. The number of amidine groups is 1. The molecule has 0 saturated heterocycles. The minimum absolute atomic E-state index is 0.319. The van der Waals surface area contributed by atoms with Crippen LogP contribution in [0.1, 0.15) is 18.4 Å². The number of nitrogens with zero attached hydrogens (tertiary/aromatic N) is 1. The molecule has 4 nitrogen and oxygen atoms in total. The fourth-order valence-corrected chi connectivity index (χ4v) is 5.09. The Morgan fingerprint density at radius 1 is 1.20 bits per heavy atom. The summed E-state index contributed by atoms with van der Waals surface area (Å²) in [6.07, 6.45) is 1.11. The zero-order valence-electron chi connectivity index (χ0n) is 14.2. The van der Waals surface area contributed by atoms with Crippen LogP contribution in [0.25, 0.3) is 11.1 Å². The highest BCUT2D eigenvalue weighted by Gasteiger charge is 2.50. The number of aliphatic hydroxyl groups is 1. The molecule has 4 rings (SSSR count). The SMILES string of the molecule is COc1cccc(-c2cccc([C@]34C[C@H](O)CC3CSC(N)=N4)c2)c1. The van der Waals surface area contributed by atoms with Gasteiger partial charge in [-0.1, -0.05) is 42.1 Å². The van der Waals surface area contributed by atoms with Crippen LogP contribution >= 0.6 is 11.8 Å². The number of aliphatic hydroxyl groups excluding tert-OH is 1. The average molecular weight is 354 g/mol. The van der Waals surface area contributed by atoms with Crippen LogP contribution in [0.15, 0.2) is 53.5 Å². The van der Waals surface area contributed by atoms with Crippen molar-refractivity contribution in [2.45, 2.75) is 24.5 Å². The Morgan fingerprint density at radius 2 is 1.96 bits per heavy atom. The van der Waals surface area contributed by atoms with Gasteiger partial charge in [0.1, 0.15) is 5.75 Å². The number of hydrogen-bond donors (Lipinski definition) is 2. The van der Waals surface area contributed by atoms with Crippen molar-refractivity contribution < 1.29 is 9.84 Å². The van der Waals surface area contributed by atoms with Crippen LogP contribution < -0.4 is 10.5 Å². The van der Waals surface area contributed by atoms with Crippen molar-refractivity contribution in [2.24, 2.45) is 16.6 Å². The second-order valence-corrected chi connectivity index (χ2v) is 7.83. The summed E-state index contributed by atoms with van der Waals surface area (Å²) in [5, 5.41) is 10.9. The smallest absolute Gasteiger partial charge is 0.154 e. The van der Waals surface area contributed by atoms with Crippen molar-refractivity contribution in [3.63, 3.8) is 0 Å². The van der Waals surface area contributed by atoms with E-state index in [1.807, 2.05) is 18.2 Å². The number of hydrogen-bond acceptors (Lipinski definition) is 5. The van der Waals surface area contributed by atoms with Gasteiger partial charge in [0.25, 0.3) is 0 Å². The molecule has 25 heavy (non-hydrogen) atoms. The minimum Gasteiger partial charge on any atom is -0.497 e. The molecule has 2 aromatic carbocycles. The van der Waals surface area contributed by atoms with E-state index in [4.69, 9.17) is 15.5 Å². The van der Waals surface area contributed by atoms with Gasteiger partial charge in [-0.3, -0.25) is 4.99 Å². The van der Waals surface area contributed by atoms with Crippen LogP contribution in [0.5, 0.6) is 5.75 Å². The summed E-state index contributed by atoms with van der Waals surface area (Å²) in [7, 11) is 1.68. The zero-order valence-corrected chi connectivity index (χ0v) is 15.0. The topological polar surface area (TPSA) is 67.8 Å². The Hall–Kier alpha value is -1.98. The molecule has 1 unspecified atom stereocenters.